The van der Waals surface area contributed by atoms with Crippen LogP contribution in [0.15, 0.2) is 53.6 Å². The number of methoxy groups -OCH3 is 2. The molecule has 1 atom stereocenters. The third kappa shape index (κ3) is 4.83. The van der Waals surface area contributed by atoms with Crippen molar-refractivity contribution in [1.29, 1.82) is 0 Å². The Hall–Kier alpha value is -3.26. The quantitative estimate of drug-likeness (QED) is 0.700. The maximum atomic E-state index is 13.4. The minimum atomic E-state index is -0.388. The number of benzene rings is 2. The average Bonchev–Trinajstić information content (AvgIpc) is 3.20. The Kier molecular flexibility index (Phi) is 6.79. The van der Waals surface area contributed by atoms with Gasteiger partial charge in [-0.15, -0.1) is 0 Å². The molecule has 8 heteroatoms. The van der Waals surface area contributed by atoms with E-state index in [2.05, 4.69) is 5.10 Å². The molecule has 2 aromatic rings. The van der Waals surface area contributed by atoms with E-state index >= 15 is 0 Å². The molecule has 2 aromatic carbocycles. The smallest absolute Gasteiger partial charge is 0.262 e. The van der Waals surface area contributed by atoms with E-state index in [1.165, 1.54) is 36.2 Å². The van der Waals surface area contributed by atoms with Crippen molar-refractivity contribution >= 4 is 17.5 Å². The molecular formula is C22H24FN3O4. The first-order valence-electron chi connectivity index (χ1n) is 9.45. The summed E-state index contributed by atoms with van der Waals surface area (Å²) < 4.78 is 23.4. The largest absolute Gasteiger partial charge is 0.497 e. The molecule has 0 aromatic heterocycles. The number of carbonyl (C=O) groups is 2. The minimum absolute atomic E-state index is 0.106. The van der Waals surface area contributed by atoms with Crippen LogP contribution in [0.1, 0.15) is 23.6 Å². The van der Waals surface area contributed by atoms with Gasteiger partial charge in [0.25, 0.3) is 5.91 Å². The van der Waals surface area contributed by atoms with Crippen LogP contribution in [0.4, 0.5) is 4.39 Å². The predicted molar refractivity (Wildman–Crippen MR) is 110 cm³/mol. The highest BCUT2D eigenvalue weighted by molar-refractivity contribution is 6.03. The van der Waals surface area contributed by atoms with Gasteiger partial charge >= 0.3 is 0 Å². The third-order valence-corrected chi connectivity index (χ3v) is 4.91. The van der Waals surface area contributed by atoms with Crippen molar-refractivity contribution in [2.75, 3.05) is 34.4 Å². The minimum Gasteiger partial charge on any atom is -0.497 e. The molecular weight excluding hydrogens is 389 g/mol. The molecule has 3 rings (SSSR count). The number of rotatable bonds is 7. The topological polar surface area (TPSA) is 71.4 Å². The summed E-state index contributed by atoms with van der Waals surface area (Å²) in [5.74, 6) is -0.267. The van der Waals surface area contributed by atoms with E-state index in [4.69, 9.17) is 9.47 Å². The predicted octanol–water partition coefficient (Wildman–Crippen LogP) is 2.62. The van der Waals surface area contributed by atoms with Crippen LogP contribution in [-0.4, -0.2) is 61.9 Å². The van der Waals surface area contributed by atoms with Crippen molar-refractivity contribution in [2.45, 2.75) is 12.5 Å². The number of amides is 2. The molecule has 0 fully saturated rings. The van der Waals surface area contributed by atoms with Gasteiger partial charge in [-0.05, 0) is 47.5 Å². The van der Waals surface area contributed by atoms with Gasteiger partial charge in [0, 0.05) is 20.6 Å². The molecule has 0 saturated carbocycles. The van der Waals surface area contributed by atoms with Crippen LogP contribution >= 0.6 is 0 Å². The summed E-state index contributed by atoms with van der Waals surface area (Å²) in [4.78, 5) is 26.3. The first-order chi connectivity index (χ1) is 14.4. The fourth-order valence-corrected chi connectivity index (χ4v) is 3.24. The standard InChI is InChI=1S/C22H24FN3O4/c1-25(22(28)14-29-2)13-21(27)26-20(16-4-8-17(23)9-5-16)12-19(24-26)15-6-10-18(30-3)11-7-15/h4-11,20H,12-14H2,1-3H3/t20-/m1/s1. The van der Waals surface area contributed by atoms with Gasteiger partial charge in [-0.1, -0.05) is 12.1 Å². The molecule has 2 amide bonds. The van der Waals surface area contributed by atoms with Crippen molar-refractivity contribution in [3.8, 4) is 5.75 Å². The van der Waals surface area contributed by atoms with Crippen molar-refractivity contribution in [2.24, 2.45) is 5.10 Å². The average molecular weight is 413 g/mol. The highest BCUT2D eigenvalue weighted by atomic mass is 19.1. The van der Waals surface area contributed by atoms with E-state index in [1.54, 1.807) is 19.2 Å². The van der Waals surface area contributed by atoms with E-state index < -0.39 is 0 Å². The zero-order chi connectivity index (χ0) is 21.7. The number of carbonyl (C=O) groups excluding carboxylic acids is 2. The highest BCUT2D eigenvalue weighted by Crippen LogP contribution is 2.33. The first-order valence-corrected chi connectivity index (χ1v) is 9.45. The van der Waals surface area contributed by atoms with Crippen molar-refractivity contribution in [3.05, 3.63) is 65.5 Å². The fraction of sp³-hybridized carbons (Fsp3) is 0.318. The van der Waals surface area contributed by atoms with Gasteiger partial charge in [0.05, 0.1) is 18.9 Å². The van der Waals surface area contributed by atoms with Crippen molar-refractivity contribution in [1.82, 2.24) is 9.91 Å². The van der Waals surface area contributed by atoms with Gasteiger partial charge in [-0.3, -0.25) is 9.59 Å². The Morgan fingerprint density at radius 1 is 1.13 bits per heavy atom. The molecule has 1 heterocycles. The molecule has 7 nitrogen and oxygen atoms in total. The molecule has 0 radical (unpaired) electrons. The van der Waals surface area contributed by atoms with Crippen molar-refractivity contribution in [3.63, 3.8) is 0 Å². The second kappa shape index (κ2) is 9.49. The van der Waals surface area contributed by atoms with Gasteiger partial charge in [0.2, 0.25) is 5.91 Å². The Morgan fingerprint density at radius 3 is 2.40 bits per heavy atom. The Labute approximate surface area is 174 Å². The summed E-state index contributed by atoms with van der Waals surface area (Å²) in [6, 6.07) is 13.0. The number of hydrazone groups is 1. The monoisotopic (exact) mass is 413 g/mol. The molecule has 0 N–H and O–H groups in total. The number of ether oxygens (including phenoxy) is 2. The molecule has 30 heavy (non-hydrogen) atoms. The van der Waals surface area contributed by atoms with E-state index in [0.29, 0.717) is 6.42 Å². The fourth-order valence-electron chi connectivity index (χ4n) is 3.24. The maximum Gasteiger partial charge on any atom is 0.262 e. The van der Waals surface area contributed by atoms with E-state index in [-0.39, 0.29) is 36.8 Å². The molecule has 1 aliphatic heterocycles. The first kappa shape index (κ1) is 21.4. The molecule has 0 unspecified atom stereocenters. The third-order valence-electron chi connectivity index (χ3n) is 4.91. The summed E-state index contributed by atoms with van der Waals surface area (Å²) in [6.45, 7) is -0.245. The number of hydrogen-bond donors (Lipinski definition) is 0. The number of hydrogen-bond acceptors (Lipinski definition) is 5. The van der Waals surface area contributed by atoms with E-state index in [1.807, 2.05) is 24.3 Å². The Morgan fingerprint density at radius 2 is 1.80 bits per heavy atom. The lowest BCUT2D eigenvalue weighted by atomic mass is 9.98. The maximum absolute atomic E-state index is 13.4. The lowest BCUT2D eigenvalue weighted by Crippen LogP contribution is -2.40. The van der Waals surface area contributed by atoms with Gasteiger partial charge in [-0.25, -0.2) is 9.40 Å². The summed E-state index contributed by atoms with van der Waals surface area (Å²) in [7, 11) is 4.55. The van der Waals surface area contributed by atoms with Gasteiger partial charge in [-0.2, -0.15) is 5.10 Å². The second-order valence-electron chi connectivity index (χ2n) is 6.97. The Bertz CT molecular complexity index is 928. The molecule has 0 saturated heterocycles. The Balaban J connectivity index is 1.86. The zero-order valence-electron chi connectivity index (χ0n) is 17.2. The second-order valence-corrected chi connectivity index (χ2v) is 6.97. The lowest BCUT2D eigenvalue weighted by Gasteiger charge is -2.24. The van der Waals surface area contributed by atoms with Crippen LogP contribution in [0.2, 0.25) is 0 Å². The van der Waals surface area contributed by atoms with E-state index in [0.717, 1.165) is 22.6 Å². The van der Waals surface area contributed by atoms with Crippen LogP contribution < -0.4 is 4.74 Å². The van der Waals surface area contributed by atoms with Crippen LogP contribution in [0, 0.1) is 5.82 Å². The van der Waals surface area contributed by atoms with Crippen LogP contribution in [0.5, 0.6) is 5.75 Å². The molecule has 0 spiro atoms. The number of likely N-dealkylation sites (N-methyl/N-ethyl adjacent to an activating group) is 1. The van der Waals surface area contributed by atoms with Crippen LogP contribution in [-0.2, 0) is 14.3 Å². The lowest BCUT2D eigenvalue weighted by molar-refractivity contribution is -0.142. The zero-order valence-corrected chi connectivity index (χ0v) is 17.2. The molecule has 0 aliphatic carbocycles. The van der Waals surface area contributed by atoms with E-state index in [9.17, 15) is 14.0 Å². The number of nitrogens with zero attached hydrogens (tertiary/aromatic N) is 3. The highest BCUT2D eigenvalue weighted by Gasteiger charge is 2.33. The molecule has 1 aliphatic rings. The van der Waals surface area contributed by atoms with Crippen molar-refractivity contribution < 1.29 is 23.5 Å². The van der Waals surface area contributed by atoms with Gasteiger partial charge in [0.1, 0.15) is 24.7 Å². The molecule has 158 valence electrons. The van der Waals surface area contributed by atoms with Gasteiger partial charge < -0.3 is 14.4 Å². The van der Waals surface area contributed by atoms with Crippen LogP contribution in [0.3, 0.4) is 0 Å². The summed E-state index contributed by atoms with van der Waals surface area (Å²) >= 11 is 0. The summed E-state index contributed by atoms with van der Waals surface area (Å²) in [6.07, 6.45) is 0.472. The van der Waals surface area contributed by atoms with Crippen LogP contribution in [0.25, 0.3) is 0 Å². The summed E-state index contributed by atoms with van der Waals surface area (Å²) in [5, 5.41) is 5.93. The normalized spacial score (nSPS) is 15.7. The summed E-state index contributed by atoms with van der Waals surface area (Å²) in [5.41, 5.74) is 2.36. The SMILES string of the molecule is COCC(=O)N(C)CC(=O)N1N=C(c2ccc(OC)cc2)C[C@@H]1c1ccc(F)cc1. The van der Waals surface area contributed by atoms with Gasteiger partial charge in [0.15, 0.2) is 0 Å². The molecule has 0 bridgehead atoms. The number of halogens is 1.